The topological polar surface area (TPSA) is 66.1 Å². The van der Waals surface area contributed by atoms with Crippen LogP contribution in [0, 0.1) is 27.7 Å². The largest absolute Gasteiger partial charge is 0.330 e. The van der Waals surface area contributed by atoms with Gasteiger partial charge < -0.3 is 9.88 Å². The van der Waals surface area contributed by atoms with Crippen LogP contribution in [-0.2, 0) is 6.54 Å². The third kappa shape index (κ3) is 3.25. The van der Waals surface area contributed by atoms with Crippen LogP contribution in [-0.4, -0.2) is 26.8 Å². The molecule has 0 unspecified atom stereocenters. The first kappa shape index (κ1) is 16.4. The summed E-state index contributed by atoms with van der Waals surface area (Å²) in [4.78, 5) is 33.8. The summed E-state index contributed by atoms with van der Waals surface area (Å²) in [5.74, 6) is -0.278. The molecule has 1 fully saturated rings. The molecule has 0 aliphatic heterocycles. The van der Waals surface area contributed by atoms with Gasteiger partial charge in [0.25, 0.3) is 11.5 Å². The number of nitrogens with zero attached hydrogens (tertiary/aromatic N) is 2. The number of nitrogens with one attached hydrogen (secondary N) is 1. The maximum Gasteiger partial charge on any atom is 0.279 e. The van der Waals surface area contributed by atoms with Crippen molar-refractivity contribution in [1.29, 1.82) is 0 Å². The number of hydrogen-bond donors (Lipinski definition) is 1. The van der Waals surface area contributed by atoms with Crippen LogP contribution in [0.15, 0.2) is 23.0 Å². The van der Waals surface area contributed by atoms with Crippen molar-refractivity contribution in [2.45, 2.75) is 53.1 Å². The van der Waals surface area contributed by atoms with Gasteiger partial charge in [-0.2, -0.15) is 0 Å². The minimum atomic E-state index is -0.408. The van der Waals surface area contributed by atoms with Gasteiger partial charge in [0.15, 0.2) is 5.69 Å². The van der Waals surface area contributed by atoms with Gasteiger partial charge in [0.2, 0.25) is 0 Å². The van der Waals surface area contributed by atoms with Gasteiger partial charge in [0.1, 0.15) is 0 Å². The highest BCUT2D eigenvalue weighted by molar-refractivity contribution is 5.92. The molecule has 1 saturated carbocycles. The highest BCUT2D eigenvalue weighted by Crippen LogP contribution is 2.29. The Morgan fingerprint density at radius 1 is 1.21 bits per heavy atom. The molecule has 0 spiro atoms. The van der Waals surface area contributed by atoms with Crippen molar-refractivity contribution in [2.75, 3.05) is 0 Å². The minimum absolute atomic E-state index is 0.00571. The van der Waals surface area contributed by atoms with Gasteiger partial charge in [-0.15, -0.1) is 0 Å². The van der Waals surface area contributed by atoms with E-state index in [1.165, 1.54) is 11.1 Å². The van der Waals surface area contributed by atoms with E-state index in [1.54, 1.807) is 18.7 Å². The molecule has 1 aromatic carbocycles. The molecule has 24 heavy (non-hydrogen) atoms. The summed E-state index contributed by atoms with van der Waals surface area (Å²) in [6.45, 7) is 8.23. The Labute approximate surface area is 141 Å². The molecule has 0 bridgehead atoms. The molecule has 1 aromatic heterocycles. The average Bonchev–Trinajstić information content (AvgIpc) is 3.36. The van der Waals surface area contributed by atoms with E-state index in [2.05, 4.69) is 35.9 Å². The Balaban J connectivity index is 1.91. The lowest BCUT2D eigenvalue weighted by Crippen LogP contribution is -2.37. The third-order valence-electron chi connectivity index (χ3n) is 4.71. The van der Waals surface area contributed by atoms with Gasteiger partial charge in [0.05, 0.1) is 5.69 Å². The predicted molar refractivity (Wildman–Crippen MR) is 93.1 cm³/mol. The number of aryl methyl sites for hydroxylation is 4. The van der Waals surface area contributed by atoms with E-state index in [1.807, 2.05) is 6.07 Å². The Morgan fingerprint density at radius 2 is 1.92 bits per heavy atom. The molecule has 0 radical (unpaired) electrons. The highest BCUT2D eigenvalue weighted by atomic mass is 16.2. The standard InChI is InChI=1S/C19H23N3O2/c1-11-5-6-15(9-12(11)2)10-22(16-7-8-16)19(24)17-18(23)21-14(4)13(3)20-17/h5-6,9,16H,7-8,10H2,1-4H3,(H,21,23). The number of benzene rings is 1. The first-order valence-electron chi connectivity index (χ1n) is 8.31. The molecule has 1 heterocycles. The van der Waals surface area contributed by atoms with Crippen molar-refractivity contribution < 1.29 is 4.79 Å². The summed E-state index contributed by atoms with van der Waals surface area (Å²) >= 11 is 0. The summed E-state index contributed by atoms with van der Waals surface area (Å²) in [7, 11) is 0. The smallest absolute Gasteiger partial charge is 0.279 e. The number of amides is 1. The zero-order valence-corrected chi connectivity index (χ0v) is 14.6. The van der Waals surface area contributed by atoms with Crippen LogP contribution in [0.4, 0.5) is 0 Å². The normalized spacial score (nSPS) is 13.8. The monoisotopic (exact) mass is 325 g/mol. The molecular weight excluding hydrogens is 302 g/mol. The number of aromatic amines is 1. The van der Waals surface area contributed by atoms with E-state index in [0.717, 1.165) is 18.4 Å². The van der Waals surface area contributed by atoms with Crippen LogP contribution in [0.2, 0.25) is 0 Å². The number of H-pyrrole nitrogens is 1. The molecule has 2 aromatic rings. The molecular formula is C19H23N3O2. The summed E-state index contributed by atoms with van der Waals surface area (Å²) in [5.41, 5.74) is 4.48. The van der Waals surface area contributed by atoms with Crippen LogP contribution < -0.4 is 5.56 Å². The molecule has 1 N–H and O–H groups in total. The second-order valence-electron chi connectivity index (χ2n) is 6.71. The molecule has 5 nitrogen and oxygen atoms in total. The fraction of sp³-hybridized carbons (Fsp3) is 0.421. The van der Waals surface area contributed by atoms with Crippen molar-refractivity contribution >= 4 is 5.91 Å². The van der Waals surface area contributed by atoms with E-state index in [0.29, 0.717) is 17.9 Å². The molecule has 3 rings (SSSR count). The number of carbonyl (C=O) groups is 1. The van der Waals surface area contributed by atoms with E-state index in [-0.39, 0.29) is 17.6 Å². The van der Waals surface area contributed by atoms with E-state index >= 15 is 0 Å². The molecule has 0 atom stereocenters. The molecule has 126 valence electrons. The van der Waals surface area contributed by atoms with Gasteiger partial charge in [-0.3, -0.25) is 9.59 Å². The van der Waals surface area contributed by atoms with E-state index in [9.17, 15) is 9.59 Å². The first-order chi connectivity index (χ1) is 11.4. The maximum absolute atomic E-state index is 12.9. The highest BCUT2D eigenvalue weighted by Gasteiger charge is 2.34. The van der Waals surface area contributed by atoms with Crippen molar-refractivity contribution in [2.24, 2.45) is 0 Å². The summed E-state index contributed by atoms with van der Waals surface area (Å²) in [5, 5.41) is 0. The van der Waals surface area contributed by atoms with Gasteiger partial charge in [-0.1, -0.05) is 18.2 Å². The van der Waals surface area contributed by atoms with E-state index in [4.69, 9.17) is 0 Å². The molecule has 5 heteroatoms. The quantitative estimate of drug-likeness (QED) is 0.940. The first-order valence-corrected chi connectivity index (χ1v) is 8.31. The third-order valence-corrected chi connectivity index (χ3v) is 4.71. The van der Waals surface area contributed by atoms with Crippen molar-refractivity contribution in [3.63, 3.8) is 0 Å². The fourth-order valence-corrected chi connectivity index (χ4v) is 2.75. The van der Waals surface area contributed by atoms with Crippen molar-refractivity contribution in [1.82, 2.24) is 14.9 Å². The van der Waals surface area contributed by atoms with Crippen molar-refractivity contribution in [3.8, 4) is 0 Å². The molecule has 0 saturated heterocycles. The van der Waals surface area contributed by atoms with Gasteiger partial charge in [-0.05, 0) is 57.2 Å². The molecule has 1 amide bonds. The van der Waals surface area contributed by atoms with Crippen LogP contribution >= 0.6 is 0 Å². The number of carbonyl (C=O) groups excluding carboxylic acids is 1. The van der Waals surface area contributed by atoms with E-state index < -0.39 is 5.56 Å². The van der Waals surface area contributed by atoms with Crippen LogP contribution in [0.1, 0.15) is 51.4 Å². The van der Waals surface area contributed by atoms with Gasteiger partial charge in [-0.25, -0.2) is 4.98 Å². The van der Waals surface area contributed by atoms with Crippen LogP contribution in [0.5, 0.6) is 0 Å². The number of hydrogen-bond acceptors (Lipinski definition) is 3. The van der Waals surface area contributed by atoms with Gasteiger partial charge in [0, 0.05) is 18.3 Å². The summed E-state index contributed by atoms with van der Waals surface area (Å²) in [6, 6.07) is 6.43. The Morgan fingerprint density at radius 3 is 2.54 bits per heavy atom. The number of aromatic nitrogens is 2. The Kier molecular flexibility index (Phi) is 4.26. The lowest BCUT2D eigenvalue weighted by atomic mass is 10.1. The summed E-state index contributed by atoms with van der Waals surface area (Å²) < 4.78 is 0. The second-order valence-corrected chi connectivity index (χ2v) is 6.71. The van der Waals surface area contributed by atoms with Crippen molar-refractivity contribution in [3.05, 3.63) is 62.3 Å². The predicted octanol–water partition coefficient (Wildman–Crippen LogP) is 2.81. The summed E-state index contributed by atoms with van der Waals surface area (Å²) in [6.07, 6.45) is 1.97. The Bertz CT molecular complexity index is 850. The maximum atomic E-state index is 12.9. The van der Waals surface area contributed by atoms with Crippen LogP contribution in [0.25, 0.3) is 0 Å². The fourth-order valence-electron chi connectivity index (χ4n) is 2.75. The van der Waals surface area contributed by atoms with Crippen LogP contribution in [0.3, 0.4) is 0 Å². The molecule has 1 aliphatic carbocycles. The number of rotatable bonds is 4. The zero-order chi connectivity index (χ0) is 17.4. The molecule has 1 aliphatic rings. The Hall–Kier alpha value is -2.43. The lowest BCUT2D eigenvalue weighted by molar-refractivity contribution is 0.0721. The zero-order valence-electron chi connectivity index (χ0n) is 14.6. The minimum Gasteiger partial charge on any atom is -0.330 e. The van der Waals surface area contributed by atoms with Gasteiger partial charge >= 0.3 is 0 Å². The lowest BCUT2D eigenvalue weighted by Gasteiger charge is -2.22. The second kappa shape index (κ2) is 6.23. The SMILES string of the molecule is Cc1ccc(CN(C(=O)c2nc(C)c(C)[nH]c2=O)C2CC2)cc1C. The average molecular weight is 325 g/mol.